The average Bonchev–Trinajstić information content (AvgIpc) is 3.04. The second kappa shape index (κ2) is 37.1. The van der Waals surface area contributed by atoms with Gasteiger partial charge in [0.25, 0.3) is 0 Å². The minimum Gasteiger partial charge on any atom is -0.462 e. The fraction of sp³-hybridized carbons (Fsp3) is 0.900. The van der Waals surface area contributed by atoms with Crippen molar-refractivity contribution < 1.29 is 24.2 Å². The van der Waals surface area contributed by atoms with Crippen LogP contribution in [0.15, 0.2) is 12.2 Å². The Hall–Kier alpha value is -1.36. The van der Waals surface area contributed by atoms with Crippen molar-refractivity contribution in [2.75, 3.05) is 13.2 Å². The molecule has 1 N–H and O–H groups in total. The summed E-state index contributed by atoms with van der Waals surface area (Å²) >= 11 is 0. The number of ether oxygens (including phenoxy) is 2. The second-order valence-electron chi connectivity index (χ2n) is 13.4. The maximum atomic E-state index is 12.1. The average molecular weight is 637 g/mol. The molecule has 5 nitrogen and oxygen atoms in total. The lowest BCUT2D eigenvalue weighted by Crippen LogP contribution is -2.28. The van der Waals surface area contributed by atoms with Gasteiger partial charge in [-0.15, -0.1) is 0 Å². The quantitative estimate of drug-likeness (QED) is 0.0421. The first kappa shape index (κ1) is 43.6. The molecule has 0 fully saturated rings. The van der Waals surface area contributed by atoms with Crippen LogP contribution >= 0.6 is 0 Å². The third kappa shape index (κ3) is 35.3. The fourth-order valence-corrected chi connectivity index (χ4v) is 5.78. The van der Waals surface area contributed by atoms with Crippen LogP contribution in [-0.4, -0.2) is 36.4 Å². The Morgan fingerprint density at radius 1 is 0.489 bits per heavy atom. The molecule has 0 aliphatic heterocycles. The molecular weight excluding hydrogens is 560 g/mol. The molecule has 0 spiro atoms. The van der Waals surface area contributed by atoms with E-state index in [0.29, 0.717) is 12.8 Å². The summed E-state index contributed by atoms with van der Waals surface area (Å²) in [5.74, 6) is -0.584. The van der Waals surface area contributed by atoms with Crippen LogP contribution in [0.4, 0.5) is 0 Å². The van der Waals surface area contributed by atoms with Crippen LogP contribution in [-0.2, 0) is 19.1 Å². The van der Waals surface area contributed by atoms with E-state index >= 15 is 0 Å². The maximum absolute atomic E-state index is 12.1. The summed E-state index contributed by atoms with van der Waals surface area (Å²) in [6, 6.07) is 0. The topological polar surface area (TPSA) is 72.8 Å². The van der Waals surface area contributed by atoms with E-state index in [2.05, 4.69) is 26.0 Å². The predicted octanol–water partition coefficient (Wildman–Crippen LogP) is 12.1. The Balaban J connectivity index is 3.50. The van der Waals surface area contributed by atoms with Gasteiger partial charge in [0.05, 0.1) is 6.61 Å². The van der Waals surface area contributed by atoms with Gasteiger partial charge in [-0.1, -0.05) is 174 Å². The van der Waals surface area contributed by atoms with E-state index < -0.39 is 6.10 Å². The minimum absolute atomic E-state index is 0.0611. The first-order chi connectivity index (χ1) is 22.1. The third-order valence-electron chi connectivity index (χ3n) is 8.81. The van der Waals surface area contributed by atoms with E-state index in [4.69, 9.17) is 9.47 Å². The molecule has 0 saturated heterocycles. The lowest BCUT2D eigenvalue weighted by atomic mass is 10.0. The lowest BCUT2D eigenvalue weighted by Gasteiger charge is -2.15. The molecule has 0 aromatic heterocycles. The van der Waals surface area contributed by atoms with Gasteiger partial charge < -0.3 is 14.6 Å². The molecule has 0 aromatic rings. The summed E-state index contributed by atoms with van der Waals surface area (Å²) in [4.78, 5) is 24.2. The highest BCUT2D eigenvalue weighted by atomic mass is 16.6. The van der Waals surface area contributed by atoms with Crippen molar-refractivity contribution in [2.24, 2.45) is 0 Å². The summed E-state index contributed by atoms with van der Waals surface area (Å²) in [5.41, 5.74) is 0. The zero-order valence-electron chi connectivity index (χ0n) is 30.1. The Morgan fingerprint density at radius 2 is 0.822 bits per heavy atom. The van der Waals surface area contributed by atoms with Crippen molar-refractivity contribution in [3.05, 3.63) is 12.2 Å². The number of hydrogen-bond donors (Lipinski definition) is 1. The zero-order chi connectivity index (χ0) is 32.9. The first-order valence-corrected chi connectivity index (χ1v) is 19.7. The van der Waals surface area contributed by atoms with Crippen LogP contribution in [0.2, 0.25) is 0 Å². The van der Waals surface area contributed by atoms with E-state index in [1.165, 1.54) is 148 Å². The fourth-order valence-electron chi connectivity index (χ4n) is 5.78. The van der Waals surface area contributed by atoms with E-state index in [9.17, 15) is 14.7 Å². The molecule has 0 radical (unpaired) electrons. The highest BCUT2D eigenvalue weighted by Gasteiger charge is 2.16. The van der Waals surface area contributed by atoms with Gasteiger partial charge in [-0.2, -0.15) is 0 Å². The Labute approximate surface area is 280 Å². The van der Waals surface area contributed by atoms with Crippen LogP contribution in [0.5, 0.6) is 0 Å². The largest absolute Gasteiger partial charge is 0.462 e. The van der Waals surface area contributed by atoms with Crippen molar-refractivity contribution in [1.29, 1.82) is 0 Å². The molecule has 0 heterocycles. The SMILES string of the molecule is CCCCCCCCC=CCCCCCCCCCCCC(=O)OCC(CO)OC(=O)CCCCCCCCCCCCCC. The number of esters is 2. The molecule has 0 rings (SSSR count). The standard InChI is InChI=1S/C40H76O5/c1-3-5-7-9-11-13-15-17-18-19-20-21-22-23-25-26-28-30-32-34-39(42)44-37-38(36-41)45-40(43)35-33-31-29-27-24-16-14-12-10-8-6-4-2/h17-18,38,41H,3-16,19-37H2,1-2H3. The molecule has 45 heavy (non-hydrogen) atoms. The lowest BCUT2D eigenvalue weighted by molar-refractivity contribution is -0.161. The molecule has 0 aliphatic rings. The van der Waals surface area contributed by atoms with Crippen LogP contribution < -0.4 is 0 Å². The van der Waals surface area contributed by atoms with Crippen molar-refractivity contribution in [3.63, 3.8) is 0 Å². The van der Waals surface area contributed by atoms with E-state index in [-0.39, 0.29) is 25.2 Å². The van der Waals surface area contributed by atoms with Crippen LogP contribution in [0.3, 0.4) is 0 Å². The number of unbranched alkanes of at least 4 members (excludes halogenated alkanes) is 26. The smallest absolute Gasteiger partial charge is 0.306 e. The summed E-state index contributed by atoms with van der Waals surface area (Å²) in [5, 5.41) is 9.53. The summed E-state index contributed by atoms with van der Waals surface area (Å²) in [6.45, 7) is 4.14. The number of aliphatic hydroxyl groups excluding tert-OH is 1. The number of hydrogen-bond acceptors (Lipinski definition) is 5. The minimum atomic E-state index is -0.764. The molecule has 0 amide bonds. The monoisotopic (exact) mass is 637 g/mol. The predicted molar refractivity (Wildman–Crippen MR) is 192 cm³/mol. The summed E-state index contributed by atoms with van der Waals surface area (Å²) in [7, 11) is 0. The Morgan fingerprint density at radius 3 is 1.20 bits per heavy atom. The van der Waals surface area contributed by atoms with Gasteiger partial charge in [-0.3, -0.25) is 9.59 Å². The van der Waals surface area contributed by atoms with Gasteiger partial charge in [-0.05, 0) is 38.5 Å². The van der Waals surface area contributed by atoms with Crippen LogP contribution in [0.25, 0.3) is 0 Å². The number of carbonyl (C=O) groups is 2. The van der Waals surface area contributed by atoms with E-state index in [1.54, 1.807) is 0 Å². The number of aliphatic hydroxyl groups is 1. The molecule has 5 heteroatoms. The Kier molecular flexibility index (Phi) is 36.0. The van der Waals surface area contributed by atoms with Gasteiger partial charge in [0.15, 0.2) is 6.10 Å². The molecule has 266 valence electrons. The molecular formula is C40H76O5. The highest BCUT2D eigenvalue weighted by molar-refractivity contribution is 5.70. The van der Waals surface area contributed by atoms with E-state index in [1.807, 2.05) is 0 Å². The molecule has 0 saturated carbocycles. The van der Waals surface area contributed by atoms with Gasteiger partial charge in [0.2, 0.25) is 0 Å². The number of rotatable bonds is 36. The number of allylic oxidation sites excluding steroid dienone is 2. The van der Waals surface area contributed by atoms with Gasteiger partial charge in [-0.25, -0.2) is 0 Å². The second-order valence-corrected chi connectivity index (χ2v) is 13.4. The van der Waals surface area contributed by atoms with Gasteiger partial charge >= 0.3 is 11.9 Å². The summed E-state index contributed by atoms with van der Waals surface area (Å²) < 4.78 is 10.6. The van der Waals surface area contributed by atoms with Gasteiger partial charge in [0.1, 0.15) is 6.61 Å². The molecule has 0 aliphatic carbocycles. The maximum Gasteiger partial charge on any atom is 0.306 e. The summed E-state index contributed by atoms with van der Waals surface area (Å²) in [6.07, 6.45) is 41.3. The van der Waals surface area contributed by atoms with Crippen LogP contribution in [0.1, 0.15) is 213 Å². The zero-order valence-corrected chi connectivity index (χ0v) is 30.1. The van der Waals surface area contributed by atoms with E-state index in [0.717, 1.165) is 38.5 Å². The molecule has 0 bridgehead atoms. The third-order valence-corrected chi connectivity index (χ3v) is 8.81. The molecule has 1 unspecified atom stereocenters. The van der Waals surface area contributed by atoms with Crippen molar-refractivity contribution in [1.82, 2.24) is 0 Å². The van der Waals surface area contributed by atoms with Crippen molar-refractivity contribution >= 4 is 11.9 Å². The van der Waals surface area contributed by atoms with Crippen molar-refractivity contribution in [2.45, 2.75) is 219 Å². The Bertz CT molecular complexity index is 647. The molecule has 1 atom stereocenters. The first-order valence-electron chi connectivity index (χ1n) is 19.7. The molecule has 0 aromatic carbocycles. The highest BCUT2D eigenvalue weighted by Crippen LogP contribution is 2.14. The van der Waals surface area contributed by atoms with Crippen molar-refractivity contribution in [3.8, 4) is 0 Å². The normalized spacial score (nSPS) is 12.2. The van der Waals surface area contributed by atoms with Gasteiger partial charge in [0, 0.05) is 12.8 Å². The van der Waals surface area contributed by atoms with Crippen LogP contribution in [0, 0.1) is 0 Å². The number of carbonyl (C=O) groups excluding carboxylic acids is 2.